The average molecular weight is 233 g/mol. The molecule has 0 aliphatic heterocycles. The van der Waals surface area contributed by atoms with Crippen LogP contribution in [-0.2, 0) is 6.42 Å². The van der Waals surface area contributed by atoms with Gasteiger partial charge in [-0.05, 0) is 36.4 Å². The largest absolute Gasteiger partial charge is 0.323 e. The summed E-state index contributed by atoms with van der Waals surface area (Å²) in [6.07, 6.45) is 3.12. The van der Waals surface area contributed by atoms with Crippen molar-refractivity contribution in [1.29, 1.82) is 0 Å². The summed E-state index contributed by atoms with van der Waals surface area (Å²) in [5.74, 6) is 0. The number of nitrogens with zero attached hydrogens (tertiary/aromatic N) is 2. The fraction of sp³-hybridized carbons (Fsp3) is 0.333. The lowest BCUT2D eigenvalue weighted by Crippen LogP contribution is -2.10. The lowest BCUT2D eigenvalue weighted by molar-refractivity contribution is 0.596. The smallest absolute Gasteiger partial charge is 0.0922 e. The van der Waals surface area contributed by atoms with Gasteiger partial charge in [0.2, 0.25) is 0 Å². The van der Waals surface area contributed by atoms with Crippen molar-refractivity contribution in [3.8, 4) is 0 Å². The molecule has 0 spiro atoms. The van der Waals surface area contributed by atoms with Crippen molar-refractivity contribution in [2.24, 2.45) is 5.73 Å². The monoisotopic (exact) mass is 233 g/mol. The van der Waals surface area contributed by atoms with Crippen molar-refractivity contribution in [1.82, 2.24) is 9.59 Å². The zero-order valence-electron chi connectivity index (χ0n) is 9.04. The predicted octanol–water partition coefficient (Wildman–Crippen LogP) is 2.56. The van der Waals surface area contributed by atoms with E-state index >= 15 is 0 Å². The first kappa shape index (κ1) is 11.2. The zero-order chi connectivity index (χ0) is 11.2. The standard InChI is InChI=1S/C12H15N3S/c13-11(12-9-16-15-14-12)8-4-7-10-5-2-1-3-6-10/h1-3,5-6,9,11H,4,7-8,13H2. The minimum absolute atomic E-state index is 0.0301. The highest BCUT2D eigenvalue weighted by atomic mass is 32.1. The van der Waals surface area contributed by atoms with Crippen LogP contribution in [0.5, 0.6) is 0 Å². The highest BCUT2D eigenvalue weighted by Crippen LogP contribution is 2.15. The summed E-state index contributed by atoms with van der Waals surface area (Å²) >= 11 is 1.36. The van der Waals surface area contributed by atoms with Crippen LogP contribution in [0.2, 0.25) is 0 Å². The second-order valence-electron chi connectivity index (χ2n) is 3.81. The third-order valence-electron chi connectivity index (χ3n) is 2.58. The van der Waals surface area contributed by atoms with Crippen LogP contribution in [0.1, 0.15) is 30.1 Å². The number of benzene rings is 1. The number of nitrogens with two attached hydrogens (primary N) is 1. The van der Waals surface area contributed by atoms with Crippen LogP contribution in [0.4, 0.5) is 0 Å². The molecule has 1 aromatic heterocycles. The van der Waals surface area contributed by atoms with Crippen LogP contribution in [0, 0.1) is 0 Å². The van der Waals surface area contributed by atoms with Crippen molar-refractivity contribution in [2.45, 2.75) is 25.3 Å². The van der Waals surface area contributed by atoms with Crippen LogP contribution in [-0.4, -0.2) is 9.59 Å². The fourth-order valence-corrected chi connectivity index (χ4v) is 2.17. The molecule has 0 radical (unpaired) electrons. The summed E-state index contributed by atoms with van der Waals surface area (Å²) in [4.78, 5) is 0. The molecule has 1 aromatic carbocycles. The van der Waals surface area contributed by atoms with E-state index in [4.69, 9.17) is 5.73 Å². The molecular formula is C12H15N3S. The van der Waals surface area contributed by atoms with E-state index < -0.39 is 0 Å². The van der Waals surface area contributed by atoms with Gasteiger partial charge in [0.25, 0.3) is 0 Å². The summed E-state index contributed by atoms with van der Waals surface area (Å²) < 4.78 is 3.82. The molecule has 1 atom stereocenters. The lowest BCUT2D eigenvalue weighted by atomic mass is 10.0. The quantitative estimate of drug-likeness (QED) is 0.863. The Balaban J connectivity index is 1.76. The first-order valence-corrected chi connectivity index (χ1v) is 6.26. The maximum atomic E-state index is 6.01. The molecule has 4 heteroatoms. The van der Waals surface area contributed by atoms with E-state index in [-0.39, 0.29) is 6.04 Å². The Hall–Kier alpha value is -1.26. The second-order valence-corrected chi connectivity index (χ2v) is 4.42. The van der Waals surface area contributed by atoms with Crippen molar-refractivity contribution in [3.63, 3.8) is 0 Å². The van der Waals surface area contributed by atoms with Gasteiger partial charge in [-0.2, -0.15) is 0 Å². The van der Waals surface area contributed by atoms with Crippen LogP contribution in [0.15, 0.2) is 35.7 Å². The Bertz CT molecular complexity index is 399. The molecule has 0 fully saturated rings. The Morgan fingerprint density at radius 2 is 2.06 bits per heavy atom. The third kappa shape index (κ3) is 3.12. The van der Waals surface area contributed by atoms with Crippen LogP contribution in [0.3, 0.4) is 0 Å². The van der Waals surface area contributed by atoms with Gasteiger partial charge in [0.15, 0.2) is 0 Å². The minimum Gasteiger partial charge on any atom is -0.323 e. The second kappa shape index (κ2) is 5.72. The van der Waals surface area contributed by atoms with E-state index in [1.165, 1.54) is 17.1 Å². The summed E-state index contributed by atoms with van der Waals surface area (Å²) in [5, 5.41) is 5.91. The molecule has 1 heterocycles. The zero-order valence-corrected chi connectivity index (χ0v) is 9.86. The van der Waals surface area contributed by atoms with E-state index in [9.17, 15) is 0 Å². The lowest BCUT2D eigenvalue weighted by Gasteiger charge is -2.07. The molecule has 0 saturated carbocycles. The number of hydrogen-bond donors (Lipinski definition) is 1. The number of aromatic nitrogens is 2. The molecule has 0 amide bonds. The van der Waals surface area contributed by atoms with Gasteiger partial charge in [-0.3, -0.25) is 0 Å². The topological polar surface area (TPSA) is 51.8 Å². The molecule has 2 rings (SSSR count). The number of aryl methyl sites for hydroxylation is 1. The average Bonchev–Trinajstić information content (AvgIpc) is 2.84. The van der Waals surface area contributed by atoms with E-state index in [1.807, 2.05) is 11.4 Å². The normalized spacial score (nSPS) is 12.6. The summed E-state index contributed by atoms with van der Waals surface area (Å²) in [6, 6.07) is 10.5. The minimum atomic E-state index is 0.0301. The first-order chi connectivity index (χ1) is 7.86. The van der Waals surface area contributed by atoms with E-state index in [0.717, 1.165) is 25.0 Å². The molecule has 2 N–H and O–H groups in total. The Labute approximate surface area is 99.5 Å². The maximum Gasteiger partial charge on any atom is 0.0922 e. The first-order valence-electron chi connectivity index (χ1n) is 5.43. The molecule has 0 saturated heterocycles. The molecule has 2 aromatic rings. The van der Waals surface area contributed by atoms with Crippen molar-refractivity contribution < 1.29 is 0 Å². The SMILES string of the molecule is NC(CCCc1ccccc1)c1csnn1. The Morgan fingerprint density at radius 3 is 2.75 bits per heavy atom. The molecular weight excluding hydrogens is 218 g/mol. The Morgan fingerprint density at radius 1 is 1.25 bits per heavy atom. The molecule has 3 nitrogen and oxygen atoms in total. The van der Waals surface area contributed by atoms with E-state index in [2.05, 4.69) is 33.9 Å². The van der Waals surface area contributed by atoms with Gasteiger partial charge in [-0.1, -0.05) is 34.8 Å². The Kier molecular flexibility index (Phi) is 4.02. The molecule has 0 aliphatic carbocycles. The highest BCUT2D eigenvalue weighted by molar-refractivity contribution is 7.03. The summed E-state index contributed by atoms with van der Waals surface area (Å²) in [6.45, 7) is 0. The van der Waals surface area contributed by atoms with Crippen molar-refractivity contribution in [3.05, 3.63) is 47.0 Å². The van der Waals surface area contributed by atoms with E-state index in [1.54, 1.807) is 0 Å². The van der Waals surface area contributed by atoms with Gasteiger partial charge in [0, 0.05) is 11.4 Å². The van der Waals surface area contributed by atoms with Gasteiger partial charge in [0.1, 0.15) is 0 Å². The molecule has 0 bridgehead atoms. The van der Waals surface area contributed by atoms with Gasteiger partial charge in [-0.15, -0.1) is 5.10 Å². The molecule has 84 valence electrons. The van der Waals surface area contributed by atoms with Gasteiger partial charge >= 0.3 is 0 Å². The van der Waals surface area contributed by atoms with E-state index in [0.29, 0.717) is 0 Å². The van der Waals surface area contributed by atoms with Crippen molar-refractivity contribution >= 4 is 11.5 Å². The van der Waals surface area contributed by atoms with Crippen molar-refractivity contribution in [2.75, 3.05) is 0 Å². The predicted molar refractivity (Wildman–Crippen MR) is 66.2 cm³/mol. The van der Waals surface area contributed by atoms with Gasteiger partial charge in [-0.25, -0.2) is 0 Å². The highest BCUT2D eigenvalue weighted by Gasteiger charge is 2.08. The van der Waals surface area contributed by atoms with Gasteiger partial charge in [0.05, 0.1) is 5.69 Å². The summed E-state index contributed by atoms with van der Waals surface area (Å²) in [7, 11) is 0. The fourth-order valence-electron chi connectivity index (χ4n) is 1.65. The van der Waals surface area contributed by atoms with Crippen LogP contribution >= 0.6 is 11.5 Å². The summed E-state index contributed by atoms with van der Waals surface area (Å²) in [5.41, 5.74) is 8.29. The molecule has 16 heavy (non-hydrogen) atoms. The molecule has 0 aliphatic rings. The van der Waals surface area contributed by atoms with Gasteiger partial charge < -0.3 is 5.73 Å². The number of hydrogen-bond acceptors (Lipinski definition) is 4. The van der Waals surface area contributed by atoms with Crippen LogP contribution < -0.4 is 5.73 Å². The third-order valence-corrected chi connectivity index (χ3v) is 3.10. The molecule has 1 unspecified atom stereocenters. The van der Waals surface area contributed by atoms with Crippen LogP contribution in [0.25, 0.3) is 0 Å². The maximum absolute atomic E-state index is 6.01. The number of rotatable bonds is 5.